The number of aromatic nitrogens is 2. The van der Waals surface area contributed by atoms with Crippen LogP contribution < -0.4 is 5.32 Å². The molecule has 2 aromatic rings. The molecule has 2 heterocycles. The molecule has 0 saturated carbocycles. The van der Waals surface area contributed by atoms with Crippen molar-refractivity contribution < 1.29 is 22.5 Å². The van der Waals surface area contributed by atoms with E-state index in [-0.39, 0.29) is 17.8 Å². The number of carbonyl (C=O) groups excluding carboxylic acids is 1. The maximum atomic E-state index is 12.6. The second-order valence-corrected chi connectivity index (χ2v) is 7.31. The van der Waals surface area contributed by atoms with Crippen LogP contribution in [0.1, 0.15) is 48.5 Å². The van der Waals surface area contributed by atoms with Gasteiger partial charge in [0.2, 0.25) is 5.82 Å². The molecule has 0 bridgehead atoms. The summed E-state index contributed by atoms with van der Waals surface area (Å²) in [5.74, 6) is -1.78. The quantitative estimate of drug-likeness (QED) is 0.835. The van der Waals surface area contributed by atoms with Crippen LogP contribution in [0.25, 0.3) is 11.4 Å². The lowest BCUT2D eigenvalue weighted by atomic mass is 10.0. The molecule has 1 aromatic carbocycles. The average molecular weight is 396 g/mol. The Bertz CT molecular complexity index is 850. The first-order valence-corrected chi connectivity index (χ1v) is 9.22. The van der Waals surface area contributed by atoms with Gasteiger partial charge in [-0.05, 0) is 57.9 Å². The highest BCUT2D eigenvalue weighted by Crippen LogP contribution is 2.30. The molecule has 0 aliphatic carbocycles. The van der Waals surface area contributed by atoms with Gasteiger partial charge in [-0.15, -0.1) is 0 Å². The van der Waals surface area contributed by atoms with Crippen molar-refractivity contribution in [2.45, 2.75) is 51.9 Å². The van der Waals surface area contributed by atoms with E-state index in [1.54, 1.807) is 19.1 Å². The molecule has 1 amide bonds. The first-order chi connectivity index (χ1) is 13.1. The molecule has 6 nitrogen and oxygen atoms in total. The van der Waals surface area contributed by atoms with E-state index in [9.17, 15) is 18.0 Å². The van der Waals surface area contributed by atoms with Crippen LogP contribution in [0.15, 0.2) is 22.7 Å². The van der Waals surface area contributed by atoms with E-state index in [4.69, 9.17) is 0 Å². The Morgan fingerprint density at radius 2 is 2.18 bits per heavy atom. The van der Waals surface area contributed by atoms with Crippen molar-refractivity contribution in [2.75, 3.05) is 13.1 Å². The van der Waals surface area contributed by atoms with E-state index in [1.165, 1.54) is 18.9 Å². The Kier molecular flexibility index (Phi) is 5.74. The highest BCUT2D eigenvalue weighted by Gasteiger charge is 2.38. The third-order valence-electron chi connectivity index (χ3n) is 4.97. The van der Waals surface area contributed by atoms with Crippen LogP contribution in [-0.4, -0.2) is 46.1 Å². The molecular formula is C19H23F3N4O2. The molecule has 0 radical (unpaired) electrons. The lowest BCUT2D eigenvalue weighted by Gasteiger charge is -2.25. The molecule has 1 fully saturated rings. The number of nitrogens with one attached hydrogen (secondary N) is 1. The zero-order valence-electron chi connectivity index (χ0n) is 16.0. The smallest absolute Gasteiger partial charge is 0.348 e. The van der Waals surface area contributed by atoms with Gasteiger partial charge in [-0.2, -0.15) is 18.2 Å². The number of alkyl halides is 3. The molecule has 0 spiro atoms. The second-order valence-electron chi connectivity index (χ2n) is 7.31. The van der Waals surface area contributed by atoms with E-state index in [0.29, 0.717) is 22.7 Å². The van der Waals surface area contributed by atoms with Crippen molar-refractivity contribution in [2.24, 2.45) is 0 Å². The van der Waals surface area contributed by atoms with Crippen LogP contribution >= 0.6 is 0 Å². The van der Waals surface area contributed by atoms with Crippen LogP contribution in [0.2, 0.25) is 0 Å². The Morgan fingerprint density at radius 1 is 1.43 bits per heavy atom. The van der Waals surface area contributed by atoms with Gasteiger partial charge in [0.1, 0.15) is 0 Å². The second kappa shape index (κ2) is 7.90. The van der Waals surface area contributed by atoms with E-state index in [0.717, 1.165) is 13.1 Å². The number of benzene rings is 1. The number of aryl methyl sites for hydroxylation is 1. The molecule has 152 valence electrons. The van der Waals surface area contributed by atoms with Gasteiger partial charge in [-0.3, -0.25) is 9.69 Å². The van der Waals surface area contributed by atoms with Gasteiger partial charge in [-0.1, -0.05) is 11.2 Å². The van der Waals surface area contributed by atoms with Crippen molar-refractivity contribution in [1.29, 1.82) is 0 Å². The first kappa shape index (κ1) is 20.3. The summed E-state index contributed by atoms with van der Waals surface area (Å²) in [6.45, 7) is 7.66. The van der Waals surface area contributed by atoms with Crippen molar-refractivity contribution >= 4 is 5.91 Å². The van der Waals surface area contributed by atoms with Crippen LogP contribution in [0.4, 0.5) is 13.2 Å². The summed E-state index contributed by atoms with van der Waals surface area (Å²) in [6, 6.07) is 5.20. The minimum absolute atomic E-state index is 0.0143. The van der Waals surface area contributed by atoms with Gasteiger partial charge in [0.15, 0.2) is 0 Å². The van der Waals surface area contributed by atoms with Gasteiger partial charge in [0.25, 0.3) is 5.91 Å². The number of hydrogen-bond donors (Lipinski definition) is 1. The molecule has 1 aliphatic rings. The Morgan fingerprint density at radius 3 is 2.75 bits per heavy atom. The molecule has 28 heavy (non-hydrogen) atoms. The summed E-state index contributed by atoms with van der Waals surface area (Å²) in [6.07, 6.45) is -2.34. The predicted molar refractivity (Wildman–Crippen MR) is 96.7 cm³/mol. The SMILES string of the molecule is Cc1cc(C(=O)N[C@H](C)CN2CCC[C@@H]2C)ccc1-c1noc(C(F)(F)F)n1. The summed E-state index contributed by atoms with van der Waals surface area (Å²) in [5.41, 5.74) is 1.40. The Labute approximate surface area is 161 Å². The number of amides is 1. The number of likely N-dealkylation sites (tertiary alicyclic amines) is 1. The summed E-state index contributed by atoms with van der Waals surface area (Å²) in [7, 11) is 0. The van der Waals surface area contributed by atoms with Crippen molar-refractivity contribution in [3.8, 4) is 11.4 Å². The molecule has 1 aliphatic heterocycles. The third kappa shape index (κ3) is 4.52. The average Bonchev–Trinajstić information content (AvgIpc) is 3.24. The Hall–Kier alpha value is -2.42. The molecule has 2 atom stereocenters. The fraction of sp³-hybridized carbons (Fsp3) is 0.526. The molecule has 1 aromatic heterocycles. The van der Waals surface area contributed by atoms with Gasteiger partial charge in [-0.25, -0.2) is 0 Å². The van der Waals surface area contributed by atoms with Crippen LogP contribution in [0.3, 0.4) is 0 Å². The molecule has 9 heteroatoms. The normalized spacial score (nSPS) is 19.0. The molecule has 1 saturated heterocycles. The van der Waals surface area contributed by atoms with E-state index >= 15 is 0 Å². The minimum Gasteiger partial charge on any atom is -0.348 e. The minimum atomic E-state index is -4.69. The molecule has 1 N–H and O–H groups in total. The number of carbonyl (C=O) groups is 1. The van der Waals surface area contributed by atoms with Crippen molar-refractivity contribution in [1.82, 2.24) is 20.4 Å². The summed E-state index contributed by atoms with van der Waals surface area (Å²) in [4.78, 5) is 18.3. The van der Waals surface area contributed by atoms with Gasteiger partial charge < -0.3 is 9.84 Å². The van der Waals surface area contributed by atoms with Gasteiger partial charge in [0.05, 0.1) is 0 Å². The summed E-state index contributed by atoms with van der Waals surface area (Å²) < 4.78 is 42.1. The van der Waals surface area contributed by atoms with Crippen LogP contribution in [-0.2, 0) is 6.18 Å². The lowest BCUT2D eigenvalue weighted by Crippen LogP contribution is -2.43. The first-order valence-electron chi connectivity index (χ1n) is 9.22. The maximum Gasteiger partial charge on any atom is 0.471 e. The van der Waals surface area contributed by atoms with Gasteiger partial charge in [0, 0.05) is 29.8 Å². The van der Waals surface area contributed by atoms with Crippen molar-refractivity contribution in [3.63, 3.8) is 0 Å². The van der Waals surface area contributed by atoms with Crippen LogP contribution in [0, 0.1) is 6.92 Å². The predicted octanol–water partition coefficient (Wildman–Crippen LogP) is 3.67. The molecular weight excluding hydrogens is 373 g/mol. The largest absolute Gasteiger partial charge is 0.471 e. The van der Waals surface area contributed by atoms with E-state index in [2.05, 4.69) is 31.8 Å². The standard InChI is InChI=1S/C19H23F3N4O2/c1-11-9-14(17(27)23-12(2)10-26-8-4-5-13(26)3)6-7-15(11)16-24-18(28-25-16)19(20,21)22/h6-7,9,12-13H,4-5,8,10H2,1-3H3,(H,23,27)/t12-,13+/m1/s1. The highest BCUT2D eigenvalue weighted by molar-refractivity contribution is 5.95. The summed E-state index contributed by atoms with van der Waals surface area (Å²) >= 11 is 0. The third-order valence-corrected chi connectivity index (χ3v) is 4.97. The number of halogens is 3. The monoisotopic (exact) mass is 396 g/mol. The van der Waals surface area contributed by atoms with E-state index in [1.807, 2.05) is 6.92 Å². The van der Waals surface area contributed by atoms with E-state index < -0.39 is 12.1 Å². The van der Waals surface area contributed by atoms with Crippen molar-refractivity contribution in [3.05, 3.63) is 35.2 Å². The lowest BCUT2D eigenvalue weighted by molar-refractivity contribution is -0.159. The van der Waals surface area contributed by atoms with Gasteiger partial charge >= 0.3 is 12.1 Å². The molecule has 3 rings (SSSR count). The Balaban J connectivity index is 1.67. The zero-order valence-corrected chi connectivity index (χ0v) is 16.0. The van der Waals surface area contributed by atoms with Crippen LogP contribution in [0.5, 0.6) is 0 Å². The zero-order chi connectivity index (χ0) is 20.5. The fourth-order valence-electron chi connectivity index (χ4n) is 3.47. The number of rotatable bonds is 5. The number of hydrogen-bond acceptors (Lipinski definition) is 5. The maximum absolute atomic E-state index is 12.6. The summed E-state index contributed by atoms with van der Waals surface area (Å²) in [5, 5.41) is 6.36. The number of nitrogens with zero attached hydrogens (tertiary/aromatic N) is 3. The highest BCUT2D eigenvalue weighted by atomic mass is 19.4. The molecule has 0 unspecified atom stereocenters. The fourth-order valence-corrected chi connectivity index (χ4v) is 3.47. The topological polar surface area (TPSA) is 71.3 Å².